The predicted molar refractivity (Wildman–Crippen MR) is 97.9 cm³/mol. The Morgan fingerprint density at radius 1 is 0.913 bits per heavy atom. The first-order valence-corrected chi connectivity index (χ1v) is 9.74. The van der Waals surface area contributed by atoms with Crippen molar-refractivity contribution in [2.45, 2.75) is 53.2 Å². The summed E-state index contributed by atoms with van der Waals surface area (Å²) in [7, 11) is 0. The Hall–Kier alpha value is -0.160. The van der Waals surface area contributed by atoms with Crippen molar-refractivity contribution in [2.75, 3.05) is 59.0 Å². The highest BCUT2D eigenvalue weighted by molar-refractivity contribution is 4.80. The molecule has 2 rings (SSSR count). The van der Waals surface area contributed by atoms with Crippen LogP contribution in [0.3, 0.4) is 0 Å². The standard InChI is InChI=1S/C19H39N3O/c1-16(2)12-18(5)13-20-6-8-21(9-7-20)14-19-15-22(17(3)4)10-11-23-19/h16-19H,6-15H2,1-5H3/t18-,19-/m0/s1. The average Bonchev–Trinajstić information content (AvgIpc) is 2.48. The molecule has 0 amide bonds. The lowest BCUT2D eigenvalue weighted by Gasteiger charge is -2.40. The van der Waals surface area contributed by atoms with E-state index in [1.165, 1.54) is 39.1 Å². The van der Waals surface area contributed by atoms with Crippen LogP contribution in [0.2, 0.25) is 0 Å². The Bertz CT molecular complexity index is 327. The van der Waals surface area contributed by atoms with Crippen molar-refractivity contribution in [1.29, 1.82) is 0 Å². The number of hydrogen-bond donors (Lipinski definition) is 0. The Kier molecular flexibility index (Phi) is 7.80. The van der Waals surface area contributed by atoms with Crippen LogP contribution in [0.4, 0.5) is 0 Å². The van der Waals surface area contributed by atoms with Crippen LogP contribution >= 0.6 is 0 Å². The van der Waals surface area contributed by atoms with Crippen molar-refractivity contribution in [3.63, 3.8) is 0 Å². The molecular weight excluding hydrogens is 286 g/mol. The maximum absolute atomic E-state index is 6.00. The van der Waals surface area contributed by atoms with E-state index in [4.69, 9.17) is 4.74 Å². The third-order valence-electron chi connectivity index (χ3n) is 5.27. The van der Waals surface area contributed by atoms with Gasteiger partial charge in [-0.25, -0.2) is 0 Å². The summed E-state index contributed by atoms with van der Waals surface area (Å²) >= 11 is 0. The predicted octanol–water partition coefficient (Wildman–Crippen LogP) is 2.40. The minimum absolute atomic E-state index is 0.401. The van der Waals surface area contributed by atoms with E-state index in [1.54, 1.807) is 0 Å². The lowest BCUT2D eigenvalue weighted by molar-refractivity contribution is -0.0566. The number of hydrogen-bond acceptors (Lipinski definition) is 4. The van der Waals surface area contributed by atoms with Crippen LogP contribution in [0.1, 0.15) is 41.0 Å². The highest BCUT2D eigenvalue weighted by Gasteiger charge is 2.26. The molecule has 4 heteroatoms. The molecule has 0 N–H and O–H groups in total. The zero-order valence-corrected chi connectivity index (χ0v) is 16.1. The van der Waals surface area contributed by atoms with Crippen LogP contribution in [-0.2, 0) is 4.74 Å². The average molecular weight is 326 g/mol. The second-order valence-electron chi connectivity index (χ2n) is 8.42. The number of rotatable bonds is 7. The topological polar surface area (TPSA) is 19.0 Å². The molecule has 4 nitrogen and oxygen atoms in total. The summed E-state index contributed by atoms with van der Waals surface area (Å²) in [5.74, 6) is 1.64. The zero-order chi connectivity index (χ0) is 16.8. The largest absolute Gasteiger partial charge is 0.374 e. The molecule has 2 aliphatic heterocycles. The zero-order valence-electron chi connectivity index (χ0n) is 16.1. The fourth-order valence-corrected chi connectivity index (χ4v) is 4.08. The van der Waals surface area contributed by atoms with Gasteiger partial charge in [-0.2, -0.15) is 0 Å². The second kappa shape index (κ2) is 9.36. The van der Waals surface area contributed by atoms with Gasteiger partial charge in [0.1, 0.15) is 0 Å². The molecule has 0 saturated carbocycles. The number of nitrogens with zero attached hydrogens (tertiary/aromatic N) is 3. The van der Waals surface area contributed by atoms with E-state index in [0.29, 0.717) is 12.1 Å². The molecule has 0 spiro atoms. The van der Waals surface area contributed by atoms with E-state index in [-0.39, 0.29) is 0 Å². The summed E-state index contributed by atoms with van der Waals surface area (Å²) in [4.78, 5) is 7.82. The summed E-state index contributed by atoms with van der Waals surface area (Å²) in [6.45, 7) is 22.0. The molecule has 0 aromatic rings. The maximum atomic E-state index is 6.00. The molecule has 0 aromatic carbocycles. The molecule has 0 aromatic heterocycles. The molecule has 0 aliphatic carbocycles. The Morgan fingerprint density at radius 3 is 2.17 bits per heavy atom. The van der Waals surface area contributed by atoms with Crippen LogP contribution in [0, 0.1) is 11.8 Å². The van der Waals surface area contributed by atoms with E-state index in [2.05, 4.69) is 49.3 Å². The lowest BCUT2D eigenvalue weighted by atomic mass is 9.98. The SMILES string of the molecule is CC(C)C[C@H](C)CN1CCN(C[C@H]2CN(C(C)C)CCO2)CC1. The summed E-state index contributed by atoms with van der Waals surface area (Å²) in [6.07, 6.45) is 1.75. The smallest absolute Gasteiger partial charge is 0.0829 e. The minimum Gasteiger partial charge on any atom is -0.374 e. The van der Waals surface area contributed by atoms with Gasteiger partial charge in [0, 0.05) is 58.4 Å². The fourth-order valence-electron chi connectivity index (χ4n) is 4.08. The van der Waals surface area contributed by atoms with Crippen molar-refractivity contribution in [3.05, 3.63) is 0 Å². The summed E-state index contributed by atoms with van der Waals surface area (Å²) < 4.78 is 6.00. The van der Waals surface area contributed by atoms with Gasteiger partial charge in [-0.05, 0) is 32.1 Å². The highest BCUT2D eigenvalue weighted by atomic mass is 16.5. The highest BCUT2D eigenvalue weighted by Crippen LogP contribution is 2.15. The molecule has 23 heavy (non-hydrogen) atoms. The summed E-state index contributed by atoms with van der Waals surface area (Å²) in [5.41, 5.74) is 0. The molecule has 136 valence electrons. The first-order valence-electron chi connectivity index (χ1n) is 9.74. The van der Waals surface area contributed by atoms with Crippen LogP contribution < -0.4 is 0 Å². The second-order valence-corrected chi connectivity index (χ2v) is 8.42. The maximum Gasteiger partial charge on any atom is 0.0829 e. The van der Waals surface area contributed by atoms with E-state index >= 15 is 0 Å². The van der Waals surface area contributed by atoms with Gasteiger partial charge in [-0.1, -0.05) is 20.8 Å². The van der Waals surface area contributed by atoms with Crippen LogP contribution in [-0.4, -0.2) is 85.8 Å². The van der Waals surface area contributed by atoms with E-state index < -0.39 is 0 Å². The van der Waals surface area contributed by atoms with Crippen LogP contribution in [0.15, 0.2) is 0 Å². The molecule has 2 fully saturated rings. The lowest BCUT2D eigenvalue weighted by Crippen LogP contribution is -2.53. The van der Waals surface area contributed by atoms with E-state index in [1.807, 2.05) is 0 Å². The van der Waals surface area contributed by atoms with Crippen molar-refractivity contribution >= 4 is 0 Å². The van der Waals surface area contributed by atoms with E-state index in [0.717, 1.165) is 38.1 Å². The van der Waals surface area contributed by atoms with Crippen molar-refractivity contribution in [1.82, 2.24) is 14.7 Å². The van der Waals surface area contributed by atoms with Crippen LogP contribution in [0.5, 0.6) is 0 Å². The molecular formula is C19H39N3O. The van der Waals surface area contributed by atoms with Gasteiger partial charge in [0.25, 0.3) is 0 Å². The Morgan fingerprint density at radius 2 is 1.57 bits per heavy atom. The van der Waals surface area contributed by atoms with Crippen molar-refractivity contribution in [2.24, 2.45) is 11.8 Å². The van der Waals surface area contributed by atoms with Gasteiger partial charge in [0.15, 0.2) is 0 Å². The Labute approximate surface area is 144 Å². The number of piperazine rings is 1. The normalized spacial score (nSPS) is 27.0. The summed E-state index contributed by atoms with van der Waals surface area (Å²) in [6, 6.07) is 0.640. The minimum atomic E-state index is 0.401. The molecule has 2 saturated heterocycles. The van der Waals surface area contributed by atoms with Gasteiger partial charge in [-0.3, -0.25) is 9.80 Å². The molecule has 2 atom stereocenters. The first-order chi connectivity index (χ1) is 10.9. The van der Waals surface area contributed by atoms with Crippen molar-refractivity contribution in [3.8, 4) is 0 Å². The van der Waals surface area contributed by atoms with Gasteiger partial charge in [-0.15, -0.1) is 0 Å². The number of morpholine rings is 1. The van der Waals surface area contributed by atoms with Gasteiger partial charge >= 0.3 is 0 Å². The van der Waals surface area contributed by atoms with Gasteiger partial charge in [0.2, 0.25) is 0 Å². The number of ether oxygens (including phenoxy) is 1. The Balaban J connectivity index is 1.66. The molecule has 0 bridgehead atoms. The molecule has 0 radical (unpaired) electrons. The van der Waals surface area contributed by atoms with Crippen molar-refractivity contribution < 1.29 is 4.74 Å². The van der Waals surface area contributed by atoms with E-state index in [9.17, 15) is 0 Å². The first kappa shape index (κ1) is 19.2. The molecule has 0 unspecified atom stereocenters. The molecule has 2 heterocycles. The third-order valence-corrected chi connectivity index (χ3v) is 5.27. The van der Waals surface area contributed by atoms with Crippen LogP contribution in [0.25, 0.3) is 0 Å². The van der Waals surface area contributed by atoms with Gasteiger partial charge in [0.05, 0.1) is 12.7 Å². The summed E-state index contributed by atoms with van der Waals surface area (Å²) in [5, 5.41) is 0. The fraction of sp³-hybridized carbons (Fsp3) is 1.00. The third kappa shape index (κ3) is 6.69. The van der Waals surface area contributed by atoms with Gasteiger partial charge < -0.3 is 9.64 Å². The quantitative estimate of drug-likeness (QED) is 0.715. The monoisotopic (exact) mass is 325 g/mol. The molecule has 2 aliphatic rings.